The maximum Gasteiger partial charge on any atom is 0.251 e. The Labute approximate surface area is 229 Å². The van der Waals surface area contributed by atoms with Crippen molar-refractivity contribution in [1.82, 2.24) is 14.7 Å². The van der Waals surface area contributed by atoms with Crippen molar-refractivity contribution < 1.29 is 33.3 Å². The number of nitrogens with one attached hydrogen (secondary N) is 1. The molecule has 3 N–H and O–H groups in total. The summed E-state index contributed by atoms with van der Waals surface area (Å²) in [7, 11) is 0. The Morgan fingerprint density at radius 3 is 2.68 bits per heavy atom. The number of carbonyl (C=O) groups excluding carboxylic acids is 2. The summed E-state index contributed by atoms with van der Waals surface area (Å²) in [6, 6.07) is 2.71. The van der Waals surface area contributed by atoms with E-state index in [1.165, 1.54) is 9.58 Å². The zero-order valence-electron chi connectivity index (χ0n) is 20.5. The third-order valence-electron chi connectivity index (χ3n) is 6.59. The second kappa shape index (κ2) is 13.4. The van der Waals surface area contributed by atoms with E-state index in [4.69, 9.17) is 21.4 Å². The Kier molecular flexibility index (Phi) is 10.5. The zero-order chi connectivity index (χ0) is 26.5. The Hall–Kier alpha value is -2.73. The number of anilines is 1. The van der Waals surface area contributed by atoms with Gasteiger partial charge in [0.1, 0.15) is 11.8 Å². The molecule has 2 atom stereocenters. The van der Waals surface area contributed by atoms with Crippen LogP contribution in [0.5, 0.6) is 5.75 Å². The number of ether oxygens (including phenoxy) is 1. The normalized spacial score (nSPS) is 17.6. The van der Waals surface area contributed by atoms with E-state index >= 15 is 0 Å². The number of hydrogen-bond donors (Lipinski definition) is 3. The second-order valence-electron chi connectivity index (χ2n) is 9.36. The van der Waals surface area contributed by atoms with Crippen LogP contribution < -0.4 is 10.1 Å². The van der Waals surface area contributed by atoms with Crippen LogP contribution in [0.15, 0.2) is 36.2 Å². The lowest BCUT2D eigenvalue weighted by molar-refractivity contribution is -0.134. The van der Waals surface area contributed by atoms with E-state index in [9.17, 15) is 23.5 Å². The number of amides is 2. The molecule has 1 saturated carbocycles. The number of aliphatic hydroxyl groups excluding tert-OH is 2. The van der Waals surface area contributed by atoms with Gasteiger partial charge in [-0.2, -0.15) is 5.10 Å². The lowest BCUT2D eigenvalue weighted by Gasteiger charge is -2.31. The van der Waals surface area contributed by atoms with Crippen molar-refractivity contribution >= 4 is 41.6 Å². The SMILES string of the molecule is Cl.O=C(Nc1ccn(C[C@@H](O)CO)n1)[C@H](CC1CCCCC1)N1CC(Oc2c(F)ccc(Cl)c2F)=CC1=O. The Morgan fingerprint density at radius 1 is 1.24 bits per heavy atom. The van der Waals surface area contributed by atoms with Crippen molar-refractivity contribution in [1.29, 1.82) is 0 Å². The summed E-state index contributed by atoms with van der Waals surface area (Å²) in [5.41, 5.74) is 0. The monoisotopic (exact) mass is 574 g/mol. The maximum absolute atomic E-state index is 14.3. The number of halogens is 4. The van der Waals surface area contributed by atoms with E-state index in [1.54, 1.807) is 12.3 Å². The summed E-state index contributed by atoms with van der Waals surface area (Å²) in [5, 5.41) is 25.2. The molecule has 2 aromatic rings. The van der Waals surface area contributed by atoms with Crippen LogP contribution in [0.2, 0.25) is 5.02 Å². The maximum atomic E-state index is 14.3. The van der Waals surface area contributed by atoms with Crippen molar-refractivity contribution in [2.75, 3.05) is 18.5 Å². The minimum atomic E-state index is -1.08. The van der Waals surface area contributed by atoms with E-state index in [0.717, 1.165) is 50.3 Å². The predicted octanol–water partition coefficient (Wildman–Crippen LogP) is 3.67. The first-order chi connectivity index (χ1) is 17.7. The van der Waals surface area contributed by atoms with Gasteiger partial charge in [0.2, 0.25) is 5.91 Å². The molecular formula is C25H30Cl2F2N4O5. The smallest absolute Gasteiger partial charge is 0.251 e. The summed E-state index contributed by atoms with van der Waals surface area (Å²) in [5.74, 6) is -3.26. The van der Waals surface area contributed by atoms with Crippen LogP contribution >= 0.6 is 24.0 Å². The Bertz CT molecular complexity index is 1170. The van der Waals surface area contributed by atoms with E-state index < -0.39 is 48.0 Å². The number of carbonyl (C=O) groups is 2. The minimum Gasteiger partial charge on any atom is -0.453 e. The lowest BCUT2D eigenvalue weighted by Crippen LogP contribution is -2.46. The van der Waals surface area contributed by atoms with Crippen molar-refractivity contribution in [3.8, 4) is 5.75 Å². The summed E-state index contributed by atoms with van der Waals surface area (Å²) in [4.78, 5) is 27.6. The molecule has 0 bridgehead atoms. The molecule has 1 aromatic carbocycles. The molecule has 1 fully saturated rings. The predicted molar refractivity (Wildman–Crippen MR) is 138 cm³/mol. The molecule has 4 rings (SSSR count). The van der Waals surface area contributed by atoms with Gasteiger partial charge in [-0.15, -0.1) is 12.4 Å². The fourth-order valence-corrected chi connectivity index (χ4v) is 4.85. The van der Waals surface area contributed by atoms with Gasteiger partial charge in [0.15, 0.2) is 23.2 Å². The van der Waals surface area contributed by atoms with Gasteiger partial charge in [0.25, 0.3) is 5.91 Å². The molecule has 0 radical (unpaired) electrons. The van der Waals surface area contributed by atoms with E-state index in [0.29, 0.717) is 6.42 Å². The van der Waals surface area contributed by atoms with Gasteiger partial charge < -0.3 is 25.2 Å². The highest BCUT2D eigenvalue weighted by Gasteiger charge is 2.37. The highest BCUT2D eigenvalue weighted by Crippen LogP contribution is 2.33. The molecule has 13 heteroatoms. The van der Waals surface area contributed by atoms with Gasteiger partial charge in [-0.05, 0) is 24.5 Å². The number of aliphatic hydroxyl groups is 2. The lowest BCUT2D eigenvalue weighted by atomic mass is 9.84. The molecule has 208 valence electrons. The average molecular weight is 575 g/mol. The fraction of sp³-hybridized carbons (Fsp3) is 0.480. The summed E-state index contributed by atoms with van der Waals surface area (Å²) >= 11 is 5.74. The molecule has 38 heavy (non-hydrogen) atoms. The van der Waals surface area contributed by atoms with Crippen LogP contribution in [0.3, 0.4) is 0 Å². The van der Waals surface area contributed by atoms with Gasteiger partial charge in [-0.1, -0.05) is 43.7 Å². The highest BCUT2D eigenvalue weighted by atomic mass is 35.5. The molecule has 2 aliphatic rings. The highest BCUT2D eigenvalue weighted by molar-refractivity contribution is 6.30. The molecule has 0 unspecified atom stereocenters. The average Bonchev–Trinajstić information content (AvgIpc) is 3.48. The van der Waals surface area contributed by atoms with Gasteiger partial charge >= 0.3 is 0 Å². The van der Waals surface area contributed by atoms with Gasteiger partial charge in [-0.3, -0.25) is 14.3 Å². The molecule has 2 amide bonds. The van der Waals surface area contributed by atoms with Gasteiger partial charge in [-0.25, -0.2) is 8.78 Å². The molecule has 0 saturated heterocycles. The molecule has 2 heterocycles. The number of hydrogen-bond acceptors (Lipinski definition) is 6. The topological polar surface area (TPSA) is 117 Å². The van der Waals surface area contributed by atoms with Crippen LogP contribution in [0.25, 0.3) is 0 Å². The number of aromatic nitrogens is 2. The summed E-state index contributed by atoms with van der Waals surface area (Å²) in [6.07, 6.45) is 7.19. The van der Waals surface area contributed by atoms with E-state index in [2.05, 4.69) is 10.4 Å². The minimum absolute atomic E-state index is 0. The van der Waals surface area contributed by atoms with Crippen molar-refractivity contribution in [2.24, 2.45) is 5.92 Å². The Morgan fingerprint density at radius 2 is 1.97 bits per heavy atom. The number of benzene rings is 1. The summed E-state index contributed by atoms with van der Waals surface area (Å²) in [6.45, 7) is -0.529. The van der Waals surface area contributed by atoms with Crippen molar-refractivity contribution in [3.63, 3.8) is 0 Å². The van der Waals surface area contributed by atoms with Crippen LogP contribution in [0.4, 0.5) is 14.6 Å². The van der Waals surface area contributed by atoms with Gasteiger partial charge in [0.05, 0.1) is 30.8 Å². The third kappa shape index (κ3) is 7.22. The molecule has 9 nitrogen and oxygen atoms in total. The number of nitrogens with zero attached hydrogens (tertiary/aromatic N) is 3. The third-order valence-corrected chi connectivity index (χ3v) is 6.88. The first-order valence-electron chi connectivity index (χ1n) is 12.2. The number of rotatable bonds is 10. The van der Waals surface area contributed by atoms with E-state index in [-0.39, 0.29) is 48.0 Å². The van der Waals surface area contributed by atoms with Crippen molar-refractivity contribution in [3.05, 3.63) is 52.9 Å². The summed E-state index contributed by atoms with van der Waals surface area (Å²) < 4.78 is 35.3. The van der Waals surface area contributed by atoms with Gasteiger partial charge in [0, 0.05) is 18.3 Å². The standard InChI is InChI=1S/C25H29ClF2N4O5.ClH/c26-18-6-7-19(27)24(23(18)28)37-17-11-22(35)32(13-17)20(10-15-4-2-1-3-5-15)25(36)29-21-8-9-31(30-21)12-16(34)14-33;/h6-9,11,15-16,20,33-34H,1-5,10,12-14H2,(H,29,30,36);1H/t16-,20+;/m1./s1. The van der Waals surface area contributed by atoms with Crippen molar-refractivity contribution in [2.45, 2.75) is 57.2 Å². The van der Waals surface area contributed by atoms with E-state index in [1.807, 2.05) is 0 Å². The largest absolute Gasteiger partial charge is 0.453 e. The molecule has 1 aliphatic heterocycles. The van der Waals surface area contributed by atoms with Crippen LogP contribution in [-0.4, -0.2) is 62.0 Å². The second-order valence-corrected chi connectivity index (χ2v) is 9.76. The van der Waals surface area contributed by atoms with Crippen LogP contribution in [0, 0.1) is 17.6 Å². The first-order valence-corrected chi connectivity index (χ1v) is 12.6. The molecular weight excluding hydrogens is 545 g/mol. The molecule has 1 aliphatic carbocycles. The molecule has 1 aromatic heterocycles. The van der Waals surface area contributed by atoms with Crippen LogP contribution in [-0.2, 0) is 16.1 Å². The first kappa shape index (κ1) is 29.8. The zero-order valence-corrected chi connectivity index (χ0v) is 22.1. The quantitative estimate of drug-likeness (QED) is 0.373. The van der Waals surface area contributed by atoms with Crippen LogP contribution in [0.1, 0.15) is 38.5 Å². The fourth-order valence-electron chi connectivity index (χ4n) is 4.70. The Balaban J connectivity index is 0.00000400. The molecule has 0 spiro atoms.